The molecule has 0 saturated heterocycles. The second-order valence-electron chi connectivity index (χ2n) is 2.90. The van der Waals surface area contributed by atoms with E-state index < -0.39 is 0 Å². The number of nitrogens with zero attached hydrogens (tertiary/aromatic N) is 2. The van der Waals surface area contributed by atoms with E-state index in [0.29, 0.717) is 0 Å². The van der Waals surface area contributed by atoms with Gasteiger partial charge < -0.3 is 5.32 Å². The second kappa shape index (κ2) is 6.43. The van der Waals surface area contributed by atoms with Gasteiger partial charge in [-0.1, -0.05) is 12.2 Å². The van der Waals surface area contributed by atoms with Crippen molar-refractivity contribution in [2.45, 2.75) is 19.9 Å². The molecule has 1 heterocycles. The standard InChI is InChI=1S/C10H17N3/c1-2-3-6-11-7-4-9-13-10-5-8-12-13/h2-3,5,8,10-11H,4,6-7,9H2,1H3/b3-2+. The Kier molecular flexibility index (Phi) is 4.94. The van der Waals surface area contributed by atoms with Crippen molar-refractivity contribution < 1.29 is 0 Å². The van der Waals surface area contributed by atoms with Gasteiger partial charge in [0.05, 0.1) is 0 Å². The molecule has 0 aliphatic heterocycles. The lowest BCUT2D eigenvalue weighted by molar-refractivity contribution is 0.555. The van der Waals surface area contributed by atoms with Crippen LogP contribution in [0.25, 0.3) is 0 Å². The molecule has 72 valence electrons. The first-order chi connectivity index (χ1) is 6.43. The van der Waals surface area contributed by atoms with Gasteiger partial charge in [-0.2, -0.15) is 5.10 Å². The van der Waals surface area contributed by atoms with Gasteiger partial charge in [0.1, 0.15) is 0 Å². The summed E-state index contributed by atoms with van der Waals surface area (Å²) in [7, 11) is 0. The van der Waals surface area contributed by atoms with Crippen LogP contribution in [0.3, 0.4) is 0 Å². The Morgan fingerprint density at radius 1 is 1.54 bits per heavy atom. The van der Waals surface area contributed by atoms with Gasteiger partial charge in [-0.05, 0) is 26.0 Å². The molecule has 0 fully saturated rings. The highest BCUT2D eigenvalue weighted by molar-refractivity contribution is 4.79. The fraction of sp³-hybridized carbons (Fsp3) is 0.500. The lowest BCUT2D eigenvalue weighted by Crippen LogP contribution is -2.16. The monoisotopic (exact) mass is 179 g/mol. The fourth-order valence-electron chi connectivity index (χ4n) is 1.10. The highest BCUT2D eigenvalue weighted by Gasteiger charge is 1.89. The number of hydrogen-bond donors (Lipinski definition) is 1. The van der Waals surface area contributed by atoms with Crippen LogP contribution < -0.4 is 5.32 Å². The fourth-order valence-corrected chi connectivity index (χ4v) is 1.10. The van der Waals surface area contributed by atoms with E-state index in [0.717, 1.165) is 26.1 Å². The maximum atomic E-state index is 4.13. The van der Waals surface area contributed by atoms with Crippen molar-refractivity contribution in [3.63, 3.8) is 0 Å². The summed E-state index contributed by atoms with van der Waals surface area (Å²) in [6.07, 6.45) is 9.10. The molecular weight excluding hydrogens is 162 g/mol. The number of nitrogens with one attached hydrogen (secondary N) is 1. The zero-order valence-corrected chi connectivity index (χ0v) is 8.11. The van der Waals surface area contributed by atoms with Crippen molar-refractivity contribution in [1.29, 1.82) is 0 Å². The number of allylic oxidation sites excluding steroid dienone is 1. The molecule has 0 aliphatic carbocycles. The molecule has 0 atom stereocenters. The van der Waals surface area contributed by atoms with E-state index in [9.17, 15) is 0 Å². The van der Waals surface area contributed by atoms with Crippen molar-refractivity contribution in [3.8, 4) is 0 Å². The zero-order valence-electron chi connectivity index (χ0n) is 8.11. The van der Waals surface area contributed by atoms with E-state index in [4.69, 9.17) is 0 Å². The Labute approximate surface area is 79.5 Å². The predicted molar refractivity (Wildman–Crippen MR) is 54.5 cm³/mol. The SMILES string of the molecule is C/C=C/CNCCCn1cccn1. The van der Waals surface area contributed by atoms with Gasteiger partial charge in [-0.15, -0.1) is 0 Å². The lowest BCUT2D eigenvalue weighted by Gasteiger charge is -2.01. The third-order valence-electron chi connectivity index (χ3n) is 1.80. The summed E-state index contributed by atoms with van der Waals surface area (Å²) in [5.74, 6) is 0. The van der Waals surface area contributed by atoms with Crippen LogP contribution in [0.15, 0.2) is 30.6 Å². The molecule has 0 spiro atoms. The van der Waals surface area contributed by atoms with Crippen molar-refractivity contribution in [3.05, 3.63) is 30.6 Å². The van der Waals surface area contributed by atoms with E-state index in [2.05, 4.69) is 22.6 Å². The average Bonchev–Trinajstić information content (AvgIpc) is 2.63. The van der Waals surface area contributed by atoms with Gasteiger partial charge in [0.25, 0.3) is 0 Å². The number of aromatic nitrogens is 2. The molecular formula is C10H17N3. The van der Waals surface area contributed by atoms with Crippen molar-refractivity contribution in [2.24, 2.45) is 0 Å². The summed E-state index contributed by atoms with van der Waals surface area (Å²) < 4.78 is 1.96. The first-order valence-electron chi connectivity index (χ1n) is 4.73. The van der Waals surface area contributed by atoms with E-state index in [1.807, 2.05) is 30.1 Å². The van der Waals surface area contributed by atoms with Gasteiger partial charge >= 0.3 is 0 Å². The van der Waals surface area contributed by atoms with E-state index >= 15 is 0 Å². The smallest absolute Gasteiger partial charge is 0.0489 e. The van der Waals surface area contributed by atoms with Gasteiger partial charge in [0.15, 0.2) is 0 Å². The summed E-state index contributed by atoms with van der Waals surface area (Å²) in [6.45, 7) is 5.04. The number of hydrogen-bond acceptors (Lipinski definition) is 2. The quantitative estimate of drug-likeness (QED) is 0.529. The minimum absolute atomic E-state index is 0.968. The Morgan fingerprint density at radius 3 is 3.15 bits per heavy atom. The molecule has 1 aromatic rings. The van der Waals surface area contributed by atoms with Crippen LogP contribution in [-0.4, -0.2) is 22.9 Å². The maximum absolute atomic E-state index is 4.13. The van der Waals surface area contributed by atoms with Crippen molar-refractivity contribution >= 4 is 0 Å². The Balaban J connectivity index is 1.96. The molecule has 1 rings (SSSR count). The minimum Gasteiger partial charge on any atom is -0.313 e. The largest absolute Gasteiger partial charge is 0.313 e. The maximum Gasteiger partial charge on any atom is 0.0489 e. The third kappa shape index (κ3) is 4.48. The molecule has 1 N–H and O–H groups in total. The normalized spacial score (nSPS) is 11.2. The Hall–Kier alpha value is -1.09. The molecule has 1 aromatic heterocycles. The van der Waals surface area contributed by atoms with Crippen LogP contribution in [0, 0.1) is 0 Å². The highest BCUT2D eigenvalue weighted by Crippen LogP contribution is 1.87. The van der Waals surface area contributed by atoms with Crippen LogP contribution in [0.1, 0.15) is 13.3 Å². The summed E-state index contributed by atoms with van der Waals surface area (Å²) in [5, 5.41) is 7.45. The van der Waals surface area contributed by atoms with Crippen LogP contribution in [-0.2, 0) is 6.54 Å². The summed E-state index contributed by atoms with van der Waals surface area (Å²) in [6, 6.07) is 1.95. The number of aryl methyl sites for hydroxylation is 1. The van der Waals surface area contributed by atoms with Crippen LogP contribution >= 0.6 is 0 Å². The van der Waals surface area contributed by atoms with Gasteiger partial charge in [0, 0.05) is 25.5 Å². The zero-order chi connectivity index (χ0) is 9.36. The molecule has 13 heavy (non-hydrogen) atoms. The van der Waals surface area contributed by atoms with E-state index in [1.165, 1.54) is 0 Å². The Bertz CT molecular complexity index is 226. The second-order valence-corrected chi connectivity index (χ2v) is 2.90. The molecule has 0 bridgehead atoms. The summed E-state index contributed by atoms with van der Waals surface area (Å²) in [5.41, 5.74) is 0. The molecule has 0 aromatic carbocycles. The van der Waals surface area contributed by atoms with Crippen LogP contribution in [0.4, 0.5) is 0 Å². The first kappa shape index (κ1) is 9.99. The molecule has 0 aliphatic rings. The summed E-state index contributed by atoms with van der Waals surface area (Å²) in [4.78, 5) is 0. The van der Waals surface area contributed by atoms with Crippen molar-refractivity contribution in [1.82, 2.24) is 15.1 Å². The molecule has 0 saturated carbocycles. The topological polar surface area (TPSA) is 29.9 Å². The molecule has 0 amide bonds. The lowest BCUT2D eigenvalue weighted by atomic mass is 10.4. The van der Waals surface area contributed by atoms with Gasteiger partial charge in [-0.25, -0.2) is 0 Å². The van der Waals surface area contributed by atoms with E-state index in [1.54, 1.807) is 0 Å². The summed E-state index contributed by atoms with van der Waals surface area (Å²) >= 11 is 0. The predicted octanol–water partition coefficient (Wildman–Crippen LogP) is 1.44. The number of rotatable bonds is 6. The minimum atomic E-state index is 0.968. The van der Waals surface area contributed by atoms with Crippen LogP contribution in [0.2, 0.25) is 0 Å². The molecule has 3 nitrogen and oxygen atoms in total. The van der Waals surface area contributed by atoms with Gasteiger partial charge in [-0.3, -0.25) is 4.68 Å². The van der Waals surface area contributed by atoms with Gasteiger partial charge in [0.2, 0.25) is 0 Å². The molecule has 3 heteroatoms. The first-order valence-corrected chi connectivity index (χ1v) is 4.73. The van der Waals surface area contributed by atoms with Crippen LogP contribution in [0.5, 0.6) is 0 Å². The molecule has 0 unspecified atom stereocenters. The Morgan fingerprint density at radius 2 is 2.46 bits per heavy atom. The van der Waals surface area contributed by atoms with Crippen molar-refractivity contribution in [2.75, 3.05) is 13.1 Å². The highest BCUT2D eigenvalue weighted by atomic mass is 15.3. The molecule has 0 radical (unpaired) electrons. The average molecular weight is 179 g/mol. The third-order valence-corrected chi connectivity index (χ3v) is 1.80. The van der Waals surface area contributed by atoms with E-state index in [-0.39, 0.29) is 0 Å².